The van der Waals surface area contributed by atoms with Gasteiger partial charge in [0.05, 0.1) is 10.8 Å². The van der Waals surface area contributed by atoms with Crippen molar-refractivity contribution in [2.45, 2.75) is 46.5 Å². The lowest BCUT2D eigenvalue weighted by molar-refractivity contribution is -0.151. The molecule has 1 N–H and O–H groups in total. The summed E-state index contributed by atoms with van der Waals surface area (Å²) >= 11 is 0. The number of carboxylic acid groups (broad SMARTS) is 1. The molecule has 1 saturated heterocycles. The molecule has 0 aromatic heterocycles. The van der Waals surface area contributed by atoms with E-state index in [-0.39, 0.29) is 11.8 Å². The second kappa shape index (κ2) is 5.99. The number of carbonyl (C=O) groups is 2. The lowest BCUT2D eigenvalue weighted by Crippen LogP contribution is -2.45. The first-order chi connectivity index (χ1) is 10.6. The Kier molecular flexibility index (Phi) is 4.56. The summed E-state index contributed by atoms with van der Waals surface area (Å²) in [6, 6.07) is 7.97. The molecule has 2 rings (SSSR count). The fourth-order valence-electron chi connectivity index (χ4n) is 3.39. The van der Waals surface area contributed by atoms with Crippen LogP contribution >= 0.6 is 0 Å². The number of benzene rings is 1. The molecule has 23 heavy (non-hydrogen) atoms. The quantitative estimate of drug-likeness (QED) is 0.927. The molecule has 1 aliphatic heterocycles. The van der Waals surface area contributed by atoms with Crippen molar-refractivity contribution in [1.82, 2.24) is 4.90 Å². The second-order valence-corrected chi connectivity index (χ2v) is 7.58. The monoisotopic (exact) mass is 317 g/mol. The molecule has 1 aromatic rings. The standard InChI is InChI=1S/C19H27NO3/c1-13(2)19(17(22)23)10-11-20(12-19)16(21)18(4,5)15-8-6-14(3)7-9-15/h6-9,13H,10-12H2,1-5H3,(H,22,23). The number of nitrogens with zero attached hydrogens (tertiary/aromatic N) is 1. The van der Waals surface area contributed by atoms with E-state index in [9.17, 15) is 14.7 Å². The van der Waals surface area contributed by atoms with Crippen LogP contribution in [0, 0.1) is 18.3 Å². The zero-order valence-corrected chi connectivity index (χ0v) is 14.7. The Balaban J connectivity index is 2.24. The van der Waals surface area contributed by atoms with Gasteiger partial charge in [0.15, 0.2) is 0 Å². The van der Waals surface area contributed by atoms with Gasteiger partial charge in [-0.05, 0) is 38.7 Å². The molecule has 1 fully saturated rings. The van der Waals surface area contributed by atoms with Gasteiger partial charge in [-0.25, -0.2) is 0 Å². The number of rotatable bonds is 4. The summed E-state index contributed by atoms with van der Waals surface area (Å²) in [7, 11) is 0. The summed E-state index contributed by atoms with van der Waals surface area (Å²) in [5, 5.41) is 9.65. The van der Waals surface area contributed by atoms with E-state index in [1.54, 1.807) is 4.90 Å². The molecule has 1 unspecified atom stereocenters. The van der Waals surface area contributed by atoms with Crippen molar-refractivity contribution >= 4 is 11.9 Å². The van der Waals surface area contributed by atoms with Gasteiger partial charge in [0.2, 0.25) is 5.91 Å². The number of likely N-dealkylation sites (tertiary alicyclic amines) is 1. The van der Waals surface area contributed by atoms with Crippen molar-refractivity contribution in [3.05, 3.63) is 35.4 Å². The van der Waals surface area contributed by atoms with Gasteiger partial charge >= 0.3 is 5.97 Å². The highest BCUT2D eigenvalue weighted by Crippen LogP contribution is 2.40. The summed E-state index contributed by atoms with van der Waals surface area (Å²) in [5.74, 6) is -0.790. The number of hydrogen-bond donors (Lipinski definition) is 1. The second-order valence-electron chi connectivity index (χ2n) is 7.58. The van der Waals surface area contributed by atoms with Crippen LogP contribution in [0.3, 0.4) is 0 Å². The van der Waals surface area contributed by atoms with Crippen molar-refractivity contribution in [1.29, 1.82) is 0 Å². The highest BCUT2D eigenvalue weighted by atomic mass is 16.4. The molecule has 0 aliphatic carbocycles. The topological polar surface area (TPSA) is 57.6 Å². The Morgan fingerprint density at radius 3 is 2.22 bits per heavy atom. The first-order valence-electron chi connectivity index (χ1n) is 8.21. The minimum atomic E-state index is -0.820. The smallest absolute Gasteiger partial charge is 0.311 e. The normalized spacial score (nSPS) is 21.7. The van der Waals surface area contributed by atoms with E-state index in [2.05, 4.69) is 0 Å². The number of aliphatic carboxylic acids is 1. The van der Waals surface area contributed by atoms with Gasteiger partial charge in [0.1, 0.15) is 0 Å². The molecule has 126 valence electrons. The molecule has 1 aromatic carbocycles. The Morgan fingerprint density at radius 1 is 1.22 bits per heavy atom. The fourth-order valence-corrected chi connectivity index (χ4v) is 3.39. The van der Waals surface area contributed by atoms with Gasteiger partial charge in [-0.15, -0.1) is 0 Å². The third-order valence-corrected chi connectivity index (χ3v) is 5.43. The molecule has 1 atom stereocenters. The molecule has 1 aliphatic rings. The van der Waals surface area contributed by atoms with E-state index in [0.717, 1.165) is 11.1 Å². The Labute approximate surface area is 138 Å². The van der Waals surface area contributed by atoms with Crippen LogP contribution in [-0.4, -0.2) is 35.0 Å². The maximum Gasteiger partial charge on any atom is 0.311 e. The first-order valence-corrected chi connectivity index (χ1v) is 8.21. The molecule has 0 radical (unpaired) electrons. The van der Waals surface area contributed by atoms with E-state index in [0.29, 0.717) is 19.5 Å². The number of aryl methyl sites for hydroxylation is 1. The van der Waals surface area contributed by atoms with Gasteiger partial charge in [0.25, 0.3) is 0 Å². The fraction of sp³-hybridized carbons (Fsp3) is 0.579. The highest BCUT2D eigenvalue weighted by molar-refractivity contribution is 5.89. The zero-order valence-electron chi connectivity index (χ0n) is 14.7. The van der Waals surface area contributed by atoms with Gasteiger partial charge in [-0.1, -0.05) is 43.7 Å². The molecule has 4 heteroatoms. The average molecular weight is 317 g/mol. The van der Waals surface area contributed by atoms with E-state index in [1.807, 2.05) is 58.9 Å². The van der Waals surface area contributed by atoms with Crippen molar-refractivity contribution in [2.75, 3.05) is 13.1 Å². The molecule has 1 heterocycles. The van der Waals surface area contributed by atoms with Crippen molar-refractivity contribution in [3.8, 4) is 0 Å². The number of carbonyl (C=O) groups excluding carboxylic acids is 1. The average Bonchev–Trinajstić information content (AvgIpc) is 2.93. The van der Waals surface area contributed by atoms with Crippen LogP contribution in [0.25, 0.3) is 0 Å². The minimum absolute atomic E-state index is 0.000266. The van der Waals surface area contributed by atoms with Crippen molar-refractivity contribution < 1.29 is 14.7 Å². The maximum absolute atomic E-state index is 13.0. The van der Waals surface area contributed by atoms with E-state index >= 15 is 0 Å². The summed E-state index contributed by atoms with van der Waals surface area (Å²) in [5.41, 5.74) is 0.645. The van der Waals surface area contributed by atoms with Crippen LogP contribution in [0.1, 0.15) is 45.2 Å². The van der Waals surface area contributed by atoms with Crippen LogP contribution in [0.15, 0.2) is 24.3 Å². The molecule has 0 bridgehead atoms. The van der Waals surface area contributed by atoms with Crippen LogP contribution in [0.2, 0.25) is 0 Å². The third-order valence-electron chi connectivity index (χ3n) is 5.43. The number of carboxylic acids is 1. The summed E-state index contributed by atoms with van der Waals surface area (Å²) in [6.07, 6.45) is 0.524. The third kappa shape index (κ3) is 2.99. The molecular weight excluding hydrogens is 290 g/mol. The van der Waals surface area contributed by atoms with Crippen molar-refractivity contribution in [2.24, 2.45) is 11.3 Å². The molecule has 4 nitrogen and oxygen atoms in total. The highest BCUT2D eigenvalue weighted by Gasteiger charge is 2.50. The summed E-state index contributed by atoms with van der Waals surface area (Å²) < 4.78 is 0. The Hall–Kier alpha value is -1.84. The van der Waals surface area contributed by atoms with Gasteiger partial charge < -0.3 is 10.0 Å². The van der Waals surface area contributed by atoms with Crippen LogP contribution in [0.5, 0.6) is 0 Å². The summed E-state index contributed by atoms with van der Waals surface area (Å²) in [4.78, 5) is 26.5. The molecule has 0 saturated carbocycles. The Bertz CT molecular complexity index is 604. The van der Waals surface area contributed by atoms with Gasteiger partial charge in [-0.3, -0.25) is 9.59 Å². The predicted octanol–water partition coefficient (Wildman–Crippen LogP) is 3.23. The van der Waals surface area contributed by atoms with Crippen LogP contribution < -0.4 is 0 Å². The maximum atomic E-state index is 13.0. The van der Waals surface area contributed by atoms with Crippen LogP contribution in [0.4, 0.5) is 0 Å². The van der Waals surface area contributed by atoms with Crippen molar-refractivity contribution in [3.63, 3.8) is 0 Å². The first kappa shape index (κ1) is 17.5. The largest absolute Gasteiger partial charge is 0.481 e. The van der Waals surface area contributed by atoms with E-state index in [1.165, 1.54) is 0 Å². The van der Waals surface area contributed by atoms with E-state index in [4.69, 9.17) is 0 Å². The minimum Gasteiger partial charge on any atom is -0.481 e. The Morgan fingerprint density at radius 2 is 1.78 bits per heavy atom. The van der Waals surface area contributed by atoms with Gasteiger partial charge in [-0.2, -0.15) is 0 Å². The predicted molar refractivity (Wildman–Crippen MR) is 90.3 cm³/mol. The SMILES string of the molecule is Cc1ccc(C(C)(C)C(=O)N2CCC(C(=O)O)(C(C)C)C2)cc1. The van der Waals surface area contributed by atoms with E-state index < -0.39 is 16.8 Å². The molecular formula is C19H27NO3. The number of hydrogen-bond acceptors (Lipinski definition) is 2. The zero-order chi connectivity index (χ0) is 17.4. The lowest BCUT2D eigenvalue weighted by atomic mass is 9.76. The molecule has 0 spiro atoms. The molecule has 1 amide bonds. The van der Waals surface area contributed by atoms with Crippen LogP contribution in [-0.2, 0) is 15.0 Å². The lowest BCUT2D eigenvalue weighted by Gasteiger charge is -2.32. The summed E-state index contributed by atoms with van der Waals surface area (Å²) in [6.45, 7) is 10.5. The number of amides is 1. The van der Waals surface area contributed by atoms with Gasteiger partial charge in [0, 0.05) is 13.1 Å².